The summed E-state index contributed by atoms with van der Waals surface area (Å²) in [6, 6.07) is 11.8. The van der Waals surface area contributed by atoms with E-state index in [2.05, 4.69) is 0 Å². The topological polar surface area (TPSA) is 82.1 Å². The van der Waals surface area contributed by atoms with Crippen LogP contribution in [-0.2, 0) is 9.53 Å². The van der Waals surface area contributed by atoms with Crippen LogP contribution in [0.25, 0.3) is 6.08 Å². The van der Waals surface area contributed by atoms with E-state index in [9.17, 15) is 14.4 Å². The number of esters is 1. The summed E-state index contributed by atoms with van der Waals surface area (Å²) in [6.45, 7) is -0.0805. The lowest BCUT2D eigenvalue weighted by molar-refractivity contribution is -0.137. The standard InChI is InChI=1S/C21H19NO6/c1-26-17-9-7-14(13-18(17)27-2)8-10-19(23)28-12-11-22-20(24)15-5-3-4-6-16(15)21(22)25/h3-10,13H,11-12H2,1-2H3. The molecule has 0 aromatic heterocycles. The lowest BCUT2D eigenvalue weighted by Gasteiger charge is -2.13. The molecule has 1 heterocycles. The van der Waals surface area contributed by atoms with Gasteiger partial charge >= 0.3 is 5.97 Å². The van der Waals surface area contributed by atoms with Crippen molar-refractivity contribution in [3.05, 3.63) is 65.2 Å². The maximum atomic E-state index is 12.2. The summed E-state index contributed by atoms with van der Waals surface area (Å²) in [7, 11) is 3.07. The predicted molar refractivity (Wildman–Crippen MR) is 101 cm³/mol. The molecule has 2 aromatic rings. The van der Waals surface area contributed by atoms with Crippen molar-refractivity contribution in [3.63, 3.8) is 0 Å². The van der Waals surface area contributed by atoms with Crippen LogP contribution >= 0.6 is 0 Å². The van der Waals surface area contributed by atoms with Gasteiger partial charge in [0.1, 0.15) is 6.61 Å². The molecule has 0 fully saturated rings. The predicted octanol–water partition coefficient (Wildman–Crippen LogP) is 2.56. The number of methoxy groups -OCH3 is 2. The number of hydrogen-bond acceptors (Lipinski definition) is 6. The Morgan fingerprint density at radius 2 is 1.61 bits per heavy atom. The SMILES string of the molecule is COc1ccc(C=CC(=O)OCCN2C(=O)c3ccccc3C2=O)cc1OC. The molecule has 2 amide bonds. The molecule has 0 saturated heterocycles. The van der Waals surface area contributed by atoms with Crippen LogP contribution in [0.5, 0.6) is 11.5 Å². The van der Waals surface area contributed by atoms with Gasteiger partial charge in [0, 0.05) is 6.08 Å². The number of carbonyl (C=O) groups is 3. The summed E-state index contributed by atoms with van der Waals surface area (Å²) in [5.74, 6) is -0.201. The number of fused-ring (bicyclic) bond motifs is 1. The highest BCUT2D eigenvalue weighted by molar-refractivity contribution is 6.21. The molecule has 0 atom stereocenters. The number of hydrogen-bond donors (Lipinski definition) is 0. The highest BCUT2D eigenvalue weighted by Gasteiger charge is 2.34. The Kier molecular flexibility index (Phi) is 5.74. The first kappa shape index (κ1) is 19.2. The minimum Gasteiger partial charge on any atom is -0.493 e. The number of ether oxygens (including phenoxy) is 3. The Labute approximate surface area is 162 Å². The van der Waals surface area contributed by atoms with E-state index in [1.54, 1.807) is 55.7 Å². The molecule has 7 nitrogen and oxygen atoms in total. The molecule has 144 valence electrons. The van der Waals surface area contributed by atoms with Crippen molar-refractivity contribution in [2.75, 3.05) is 27.4 Å². The maximum Gasteiger partial charge on any atom is 0.330 e. The second-order valence-corrected chi connectivity index (χ2v) is 5.92. The molecule has 0 unspecified atom stereocenters. The molecule has 0 spiro atoms. The van der Waals surface area contributed by atoms with Crippen LogP contribution in [0.15, 0.2) is 48.5 Å². The molecule has 0 bridgehead atoms. The number of imide groups is 1. The van der Waals surface area contributed by atoms with E-state index in [0.717, 1.165) is 10.5 Å². The molecule has 1 aliphatic heterocycles. The van der Waals surface area contributed by atoms with Gasteiger partial charge in [-0.15, -0.1) is 0 Å². The van der Waals surface area contributed by atoms with Crippen LogP contribution in [0.2, 0.25) is 0 Å². The molecule has 0 N–H and O–H groups in total. The Bertz CT molecular complexity index is 915. The summed E-state index contributed by atoms with van der Waals surface area (Å²) >= 11 is 0. The van der Waals surface area contributed by atoms with Gasteiger partial charge in [-0.25, -0.2) is 4.79 Å². The number of rotatable bonds is 7. The van der Waals surface area contributed by atoms with Crippen molar-refractivity contribution in [2.24, 2.45) is 0 Å². The van der Waals surface area contributed by atoms with Gasteiger partial charge in [0.05, 0.1) is 31.9 Å². The summed E-state index contributed by atoms with van der Waals surface area (Å²) < 4.78 is 15.5. The molecule has 0 aliphatic carbocycles. The van der Waals surface area contributed by atoms with Crippen molar-refractivity contribution in [3.8, 4) is 11.5 Å². The highest BCUT2D eigenvalue weighted by Crippen LogP contribution is 2.28. The summed E-state index contributed by atoms with van der Waals surface area (Å²) in [4.78, 5) is 37.4. The van der Waals surface area contributed by atoms with Crippen LogP contribution in [0.3, 0.4) is 0 Å². The molecule has 7 heteroatoms. The van der Waals surface area contributed by atoms with Crippen molar-refractivity contribution >= 4 is 23.9 Å². The third-order valence-corrected chi connectivity index (χ3v) is 4.26. The van der Waals surface area contributed by atoms with Gasteiger partial charge in [-0.1, -0.05) is 18.2 Å². The zero-order chi connectivity index (χ0) is 20.1. The van der Waals surface area contributed by atoms with Gasteiger partial charge in [0.15, 0.2) is 11.5 Å². The molecular weight excluding hydrogens is 362 g/mol. The average molecular weight is 381 g/mol. The van der Waals surface area contributed by atoms with Gasteiger partial charge in [-0.05, 0) is 35.9 Å². The fraction of sp³-hybridized carbons (Fsp3) is 0.190. The fourth-order valence-corrected chi connectivity index (χ4v) is 2.85. The van der Waals surface area contributed by atoms with Crippen LogP contribution in [0.1, 0.15) is 26.3 Å². The van der Waals surface area contributed by atoms with Crippen molar-refractivity contribution in [1.29, 1.82) is 0 Å². The number of amides is 2. The Morgan fingerprint density at radius 1 is 0.964 bits per heavy atom. The van der Waals surface area contributed by atoms with E-state index < -0.39 is 5.97 Å². The molecule has 0 radical (unpaired) electrons. The van der Waals surface area contributed by atoms with Gasteiger partial charge < -0.3 is 14.2 Å². The van der Waals surface area contributed by atoms with Crippen molar-refractivity contribution in [2.45, 2.75) is 0 Å². The molecular formula is C21H19NO6. The van der Waals surface area contributed by atoms with E-state index in [0.29, 0.717) is 22.6 Å². The van der Waals surface area contributed by atoms with Crippen LogP contribution in [0, 0.1) is 0 Å². The molecule has 3 rings (SSSR count). The Morgan fingerprint density at radius 3 is 2.21 bits per heavy atom. The number of benzene rings is 2. The smallest absolute Gasteiger partial charge is 0.330 e. The van der Waals surface area contributed by atoms with E-state index >= 15 is 0 Å². The third kappa shape index (κ3) is 3.88. The number of nitrogens with zero attached hydrogens (tertiary/aromatic N) is 1. The maximum absolute atomic E-state index is 12.2. The van der Waals surface area contributed by atoms with Crippen LogP contribution < -0.4 is 9.47 Å². The summed E-state index contributed by atoms with van der Waals surface area (Å²) in [5, 5.41) is 0. The first-order valence-corrected chi connectivity index (χ1v) is 8.57. The van der Waals surface area contributed by atoms with Crippen molar-refractivity contribution < 1.29 is 28.6 Å². The van der Waals surface area contributed by atoms with Crippen LogP contribution in [-0.4, -0.2) is 50.1 Å². The van der Waals surface area contributed by atoms with Gasteiger partial charge in [0.2, 0.25) is 0 Å². The Balaban J connectivity index is 1.53. The van der Waals surface area contributed by atoms with E-state index in [1.807, 2.05) is 0 Å². The molecule has 2 aromatic carbocycles. The average Bonchev–Trinajstić information content (AvgIpc) is 2.97. The summed E-state index contributed by atoms with van der Waals surface area (Å²) in [6.07, 6.45) is 2.84. The largest absolute Gasteiger partial charge is 0.493 e. The molecule has 0 saturated carbocycles. The van der Waals surface area contributed by atoms with Gasteiger partial charge in [0.25, 0.3) is 11.8 Å². The second kappa shape index (κ2) is 8.39. The van der Waals surface area contributed by atoms with E-state index in [-0.39, 0.29) is 25.0 Å². The first-order valence-electron chi connectivity index (χ1n) is 8.57. The number of carbonyl (C=O) groups excluding carboxylic acids is 3. The Hall–Kier alpha value is -3.61. The zero-order valence-electron chi connectivity index (χ0n) is 15.5. The molecule has 28 heavy (non-hydrogen) atoms. The lowest BCUT2D eigenvalue weighted by Crippen LogP contribution is -2.33. The monoisotopic (exact) mass is 381 g/mol. The second-order valence-electron chi connectivity index (χ2n) is 5.92. The first-order chi connectivity index (χ1) is 13.5. The van der Waals surface area contributed by atoms with Gasteiger partial charge in [-0.3, -0.25) is 14.5 Å². The lowest BCUT2D eigenvalue weighted by atomic mass is 10.1. The van der Waals surface area contributed by atoms with Crippen LogP contribution in [0.4, 0.5) is 0 Å². The fourth-order valence-electron chi connectivity index (χ4n) is 2.85. The highest BCUT2D eigenvalue weighted by atomic mass is 16.5. The van der Waals surface area contributed by atoms with E-state index in [4.69, 9.17) is 14.2 Å². The minimum atomic E-state index is -0.577. The quantitative estimate of drug-likeness (QED) is 0.416. The third-order valence-electron chi connectivity index (χ3n) is 4.26. The van der Waals surface area contributed by atoms with Crippen molar-refractivity contribution in [1.82, 2.24) is 4.90 Å². The molecule has 1 aliphatic rings. The van der Waals surface area contributed by atoms with Gasteiger partial charge in [-0.2, -0.15) is 0 Å². The van der Waals surface area contributed by atoms with E-state index in [1.165, 1.54) is 13.2 Å². The normalized spacial score (nSPS) is 13.0. The minimum absolute atomic E-state index is 0.00227. The summed E-state index contributed by atoms with van der Waals surface area (Å²) in [5.41, 5.74) is 1.47. The zero-order valence-corrected chi connectivity index (χ0v) is 15.5.